The fraction of sp³-hybridized carbons (Fsp3) is 0.500. The van der Waals surface area contributed by atoms with Crippen LogP contribution in [0.3, 0.4) is 0 Å². The standard InChI is InChI=1S/C28H37N3O7/c32-18-19-8-10-20(11-9-19)25-15-24(17-31-13-12-23(33)16-31)37-28(38-25)21-4-3-5-22(14-21)29-26(34)6-1-2-7-27(35)30-36/h3-5,8-11,14,23-25,28,32-33,36H,1-2,6-7,12-13,15-18H2,(H,29,34)(H,30,35)/t23-,24-,25+,28+/m0/s1. The maximum absolute atomic E-state index is 12.4. The highest BCUT2D eigenvalue weighted by molar-refractivity contribution is 5.90. The van der Waals surface area contributed by atoms with E-state index in [0.717, 1.165) is 29.7 Å². The van der Waals surface area contributed by atoms with Crippen molar-refractivity contribution in [1.29, 1.82) is 0 Å². The van der Waals surface area contributed by atoms with Gasteiger partial charge in [-0.1, -0.05) is 36.4 Å². The molecule has 0 aliphatic carbocycles. The highest BCUT2D eigenvalue weighted by Crippen LogP contribution is 2.39. The van der Waals surface area contributed by atoms with E-state index in [1.807, 2.05) is 42.5 Å². The van der Waals surface area contributed by atoms with Crippen LogP contribution in [0.2, 0.25) is 0 Å². The van der Waals surface area contributed by atoms with Crippen molar-refractivity contribution in [3.8, 4) is 0 Å². The third kappa shape index (κ3) is 8.07. The Morgan fingerprint density at radius 1 is 1.00 bits per heavy atom. The van der Waals surface area contributed by atoms with Gasteiger partial charge in [0.15, 0.2) is 6.29 Å². The van der Waals surface area contributed by atoms with E-state index in [1.54, 1.807) is 11.5 Å². The molecule has 0 spiro atoms. The SMILES string of the molecule is O=C(CCCCC(=O)Nc1cccc([C@@H]2O[C@H](CN3CC[C@H](O)C3)C[C@H](c3ccc(CO)cc3)O2)c1)NO. The van der Waals surface area contributed by atoms with Gasteiger partial charge in [-0.25, -0.2) is 5.48 Å². The Hall–Kier alpha value is -2.86. The number of benzene rings is 2. The predicted molar refractivity (Wildman–Crippen MR) is 139 cm³/mol. The zero-order valence-electron chi connectivity index (χ0n) is 21.4. The van der Waals surface area contributed by atoms with Gasteiger partial charge >= 0.3 is 0 Å². The van der Waals surface area contributed by atoms with Gasteiger partial charge < -0.3 is 25.0 Å². The minimum atomic E-state index is -0.641. The molecule has 2 aromatic carbocycles. The molecule has 0 aromatic heterocycles. The number of carbonyl (C=O) groups excluding carboxylic acids is 2. The number of β-amino-alcohol motifs (C(OH)–C–C–N with tert-alkyl or cyclic N) is 1. The number of ether oxygens (including phenoxy) is 2. The van der Waals surface area contributed by atoms with Crippen molar-refractivity contribution in [2.45, 2.75) is 69.7 Å². The first-order chi connectivity index (χ1) is 18.4. The summed E-state index contributed by atoms with van der Waals surface area (Å²) in [5, 5.41) is 30.8. The van der Waals surface area contributed by atoms with Crippen LogP contribution in [0.4, 0.5) is 5.69 Å². The summed E-state index contributed by atoms with van der Waals surface area (Å²) < 4.78 is 12.8. The Balaban J connectivity index is 1.42. The minimum absolute atomic E-state index is 0.0199. The molecule has 2 amide bonds. The Morgan fingerprint density at radius 2 is 1.76 bits per heavy atom. The van der Waals surface area contributed by atoms with E-state index in [4.69, 9.17) is 14.7 Å². The lowest BCUT2D eigenvalue weighted by Crippen LogP contribution is -2.38. The minimum Gasteiger partial charge on any atom is -0.392 e. The summed E-state index contributed by atoms with van der Waals surface area (Å²) in [4.78, 5) is 25.7. The van der Waals surface area contributed by atoms with Gasteiger partial charge in [0, 0.05) is 50.1 Å². The molecule has 2 saturated heterocycles. The first-order valence-electron chi connectivity index (χ1n) is 13.2. The van der Waals surface area contributed by atoms with E-state index in [1.165, 1.54) is 0 Å². The molecule has 38 heavy (non-hydrogen) atoms. The Bertz CT molecular complexity index is 1060. The van der Waals surface area contributed by atoms with Gasteiger partial charge in [-0.3, -0.25) is 19.7 Å². The molecule has 2 aromatic rings. The zero-order chi connectivity index (χ0) is 26.9. The van der Waals surface area contributed by atoms with E-state index in [0.29, 0.717) is 38.0 Å². The number of unbranched alkanes of at least 4 members (excludes halogenated alkanes) is 1. The van der Waals surface area contributed by atoms with Crippen molar-refractivity contribution in [3.05, 3.63) is 65.2 Å². The summed E-state index contributed by atoms with van der Waals surface area (Å²) in [6, 6.07) is 15.1. The fourth-order valence-corrected chi connectivity index (χ4v) is 4.91. The maximum Gasteiger partial charge on any atom is 0.243 e. The molecule has 2 aliphatic rings. The number of nitrogens with zero attached hydrogens (tertiary/aromatic N) is 1. The molecule has 4 atom stereocenters. The Kier molecular flexibility index (Phi) is 10.2. The molecule has 0 unspecified atom stereocenters. The topological polar surface area (TPSA) is 141 Å². The molecule has 2 fully saturated rings. The van der Waals surface area contributed by atoms with Crippen LogP contribution in [-0.2, 0) is 25.7 Å². The molecule has 0 bridgehead atoms. The quantitative estimate of drug-likeness (QED) is 0.171. The van der Waals surface area contributed by atoms with Crippen LogP contribution in [-0.4, -0.2) is 64.0 Å². The second-order valence-electron chi connectivity index (χ2n) is 9.97. The van der Waals surface area contributed by atoms with Crippen LogP contribution in [0.15, 0.2) is 48.5 Å². The van der Waals surface area contributed by atoms with Crippen molar-refractivity contribution in [1.82, 2.24) is 10.4 Å². The van der Waals surface area contributed by atoms with Crippen molar-refractivity contribution in [2.24, 2.45) is 0 Å². The number of hydroxylamine groups is 1. The van der Waals surface area contributed by atoms with Gasteiger partial charge in [-0.05, 0) is 42.5 Å². The van der Waals surface area contributed by atoms with Gasteiger partial charge in [0.25, 0.3) is 0 Å². The van der Waals surface area contributed by atoms with E-state index in [-0.39, 0.29) is 43.7 Å². The lowest BCUT2D eigenvalue weighted by molar-refractivity contribution is -0.252. The van der Waals surface area contributed by atoms with Crippen LogP contribution in [0.1, 0.15) is 67.6 Å². The molecule has 2 aliphatic heterocycles. The van der Waals surface area contributed by atoms with E-state index in [9.17, 15) is 19.8 Å². The first-order valence-corrected chi connectivity index (χ1v) is 13.2. The summed E-state index contributed by atoms with van der Waals surface area (Å²) in [5.74, 6) is -0.628. The number of likely N-dealkylation sites (tertiary alicyclic amines) is 1. The average Bonchev–Trinajstić information content (AvgIpc) is 3.35. The number of aliphatic hydroxyl groups is 2. The lowest BCUT2D eigenvalue weighted by atomic mass is 9.99. The third-order valence-electron chi connectivity index (χ3n) is 6.95. The Morgan fingerprint density at radius 3 is 2.45 bits per heavy atom. The third-order valence-corrected chi connectivity index (χ3v) is 6.95. The number of hydrogen-bond donors (Lipinski definition) is 5. The number of nitrogens with one attached hydrogen (secondary N) is 2. The summed E-state index contributed by atoms with van der Waals surface area (Å²) in [5.41, 5.74) is 4.83. The van der Waals surface area contributed by atoms with E-state index < -0.39 is 12.2 Å². The van der Waals surface area contributed by atoms with Crippen molar-refractivity contribution >= 4 is 17.5 Å². The normalized spacial score (nSPS) is 23.8. The molecule has 206 valence electrons. The summed E-state index contributed by atoms with van der Waals surface area (Å²) in [6.07, 6.45) is 1.59. The summed E-state index contributed by atoms with van der Waals surface area (Å²) >= 11 is 0. The highest BCUT2D eigenvalue weighted by Gasteiger charge is 2.34. The largest absolute Gasteiger partial charge is 0.392 e. The van der Waals surface area contributed by atoms with Crippen LogP contribution in [0.25, 0.3) is 0 Å². The second kappa shape index (κ2) is 13.8. The van der Waals surface area contributed by atoms with Crippen LogP contribution in [0, 0.1) is 0 Å². The molecule has 4 rings (SSSR count). The molecule has 5 N–H and O–H groups in total. The molecular formula is C28H37N3O7. The second-order valence-corrected chi connectivity index (χ2v) is 9.97. The Labute approximate surface area is 222 Å². The fourth-order valence-electron chi connectivity index (χ4n) is 4.91. The number of rotatable bonds is 11. The smallest absolute Gasteiger partial charge is 0.243 e. The van der Waals surface area contributed by atoms with Crippen LogP contribution >= 0.6 is 0 Å². The van der Waals surface area contributed by atoms with E-state index in [2.05, 4.69) is 10.2 Å². The van der Waals surface area contributed by atoms with Gasteiger partial charge in [0.05, 0.1) is 24.9 Å². The summed E-state index contributed by atoms with van der Waals surface area (Å²) in [7, 11) is 0. The molecule has 10 nitrogen and oxygen atoms in total. The molecule has 10 heteroatoms. The van der Waals surface area contributed by atoms with Crippen molar-refractivity contribution in [3.63, 3.8) is 0 Å². The maximum atomic E-state index is 12.4. The van der Waals surface area contributed by atoms with Crippen LogP contribution < -0.4 is 10.8 Å². The van der Waals surface area contributed by atoms with Crippen molar-refractivity contribution < 1.29 is 34.5 Å². The zero-order valence-corrected chi connectivity index (χ0v) is 21.4. The number of aliphatic hydroxyl groups excluding tert-OH is 2. The summed E-state index contributed by atoms with van der Waals surface area (Å²) in [6.45, 7) is 2.13. The van der Waals surface area contributed by atoms with Gasteiger partial charge in [0.2, 0.25) is 11.8 Å². The van der Waals surface area contributed by atoms with Gasteiger partial charge in [-0.2, -0.15) is 0 Å². The molecule has 2 heterocycles. The van der Waals surface area contributed by atoms with Crippen LogP contribution in [0.5, 0.6) is 0 Å². The molecule has 0 saturated carbocycles. The molecule has 0 radical (unpaired) electrons. The number of carbonyl (C=O) groups is 2. The lowest BCUT2D eigenvalue weighted by Gasteiger charge is -2.38. The predicted octanol–water partition coefficient (Wildman–Crippen LogP) is 2.80. The monoisotopic (exact) mass is 527 g/mol. The number of hydrogen-bond acceptors (Lipinski definition) is 8. The van der Waals surface area contributed by atoms with Crippen molar-refractivity contribution in [2.75, 3.05) is 25.0 Å². The van der Waals surface area contributed by atoms with Gasteiger partial charge in [0.1, 0.15) is 0 Å². The van der Waals surface area contributed by atoms with Gasteiger partial charge in [-0.15, -0.1) is 0 Å². The number of anilines is 1. The molecular weight excluding hydrogens is 490 g/mol. The highest BCUT2D eigenvalue weighted by atomic mass is 16.7. The number of amides is 2. The van der Waals surface area contributed by atoms with E-state index >= 15 is 0 Å². The average molecular weight is 528 g/mol. The first kappa shape index (κ1) is 28.2.